The number of rotatable bonds is 4. The highest BCUT2D eigenvalue weighted by atomic mass is 19.1. The Balaban J connectivity index is 1.90. The first-order valence-electron chi connectivity index (χ1n) is 5.69. The molecule has 0 saturated heterocycles. The molecule has 2 atom stereocenters. The van der Waals surface area contributed by atoms with Crippen molar-refractivity contribution < 1.29 is 13.9 Å². The molecule has 0 unspecified atom stereocenters. The van der Waals surface area contributed by atoms with Gasteiger partial charge < -0.3 is 9.47 Å². The second kappa shape index (κ2) is 5.41. The number of halogens is 1. The molecule has 2 rings (SSSR count). The van der Waals surface area contributed by atoms with Crippen LogP contribution < -0.4 is 0 Å². The molecule has 0 aliphatic heterocycles. The van der Waals surface area contributed by atoms with Crippen LogP contribution >= 0.6 is 0 Å². The van der Waals surface area contributed by atoms with Crippen LogP contribution in [-0.4, -0.2) is 19.3 Å². The smallest absolute Gasteiger partial charge is 0.128 e. The van der Waals surface area contributed by atoms with Gasteiger partial charge in [-0.3, -0.25) is 0 Å². The van der Waals surface area contributed by atoms with Crippen LogP contribution in [-0.2, 0) is 16.1 Å². The maximum Gasteiger partial charge on any atom is 0.128 e. The Morgan fingerprint density at radius 2 is 2.00 bits per heavy atom. The number of hydrogen-bond acceptors (Lipinski definition) is 2. The third kappa shape index (κ3) is 2.60. The summed E-state index contributed by atoms with van der Waals surface area (Å²) in [6.45, 7) is 0.331. The summed E-state index contributed by atoms with van der Waals surface area (Å²) < 4.78 is 24.4. The van der Waals surface area contributed by atoms with E-state index in [-0.39, 0.29) is 18.0 Å². The van der Waals surface area contributed by atoms with Gasteiger partial charge in [-0.1, -0.05) is 18.2 Å². The van der Waals surface area contributed by atoms with Crippen LogP contribution in [0.1, 0.15) is 24.8 Å². The molecule has 3 heteroatoms. The number of benzene rings is 1. The van der Waals surface area contributed by atoms with Crippen LogP contribution in [0.2, 0.25) is 0 Å². The maximum absolute atomic E-state index is 13.3. The van der Waals surface area contributed by atoms with E-state index in [2.05, 4.69) is 0 Å². The molecule has 88 valence electrons. The van der Waals surface area contributed by atoms with Gasteiger partial charge in [0.2, 0.25) is 0 Å². The molecule has 0 aromatic heterocycles. The Hall–Kier alpha value is -0.930. The first-order chi connectivity index (χ1) is 7.81. The van der Waals surface area contributed by atoms with Gasteiger partial charge >= 0.3 is 0 Å². The Morgan fingerprint density at radius 3 is 2.75 bits per heavy atom. The second-order valence-corrected chi connectivity index (χ2v) is 4.15. The van der Waals surface area contributed by atoms with Crippen LogP contribution in [0.4, 0.5) is 4.39 Å². The lowest BCUT2D eigenvalue weighted by molar-refractivity contribution is -0.0463. The van der Waals surface area contributed by atoms with Crippen LogP contribution in [0, 0.1) is 5.82 Å². The van der Waals surface area contributed by atoms with Gasteiger partial charge in [-0.2, -0.15) is 0 Å². The fraction of sp³-hybridized carbons (Fsp3) is 0.538. The van der Waals surface area contributed by atoms with Crippen molar-refractivity contribution in [2.45, 2.75) is 38.1 Å². The zero-order valence-corrected chi connectivity index (χ0v) is 9.49. The summed E-state index contributed by atoms with van der Waals surface area (Å²) in [5.74, 6) is -0.200. The lowest BCUT2D eigenvalue weighted by atomic mass is 10.2. The van der Waals surface area contributed by atoms with Gasteiger partial charge in [-0.15, -0.1) is 0 Å². The molecule has 0 N–H and O–H groups in total. The molecule has 1 saturated carbocycles. The van der Waals surface area contributed by atoms with Crippen molar-refractivity contribution in [2.24, 2.45) is 0 Å². The molecule has 16 heavy (non-hydrogen) atoms. The van der Waals surface area contributed by atoms with E-state index in [4.69, 9.17) is 9.47 Å². The van der Waals surface area contributed by atoms with Gasteiger partial charge in [-0.05, 0) is 25.3 Å². The minimum atomic E-state index is -0.200. The Labute approximate surface area is 95.4 Å². The molecule has 1 aromatic carbocycles. The van der Waals surface area contributed by atoms with Crippen LogP contribution in [0.3, 0.4) is 0 Å². The third-order valence-electron chi connectivity index (χ3n) is 3.11. The third-order valence-corrected chi connectivity index (χ3v) is 3.11. The number of hydrogen-bond donors (Lipinski definition) is 0. The molecule has 0 amide bonds. The zero-order chi connectivity index (χ0) is 11.4. The van der Waals surface area contributed by atoms with E-state index in [1.54, 1.807) is 19.2 Å². The molecule has 1 aliphatic rings. The van der Waals surface area contributed by atoms with E-state index >= 15 is 0 Å². The lowest BCUT2D eigenvalue weighted by Gasteiger charge is -2.18. The summed E-state index contributed by atoms with van der Waals surface area (Å²) in [4.78, 5) is 0. The molecule has 0 heterocycles. The Morgan fingerprint density at radius 1 is 1.25 bits per heavy atom. The molecule has 0 bridgehead atoms. The SMILES string of the molecule is CO[C@@H]1CCC[C@@H]1OCc1ccccc1F. The predicted octanol–water partition coefficient (Wildman–Crippen LogP) is 2.91. The summed E-state index contributed by atoms with van der Waals surface area (Å²) >= 11 is 0. The van der Waals surface area contributed by atoms with Crippen molar-refractivity contribution in [1.29, 1.82) is 0 Å². The van der Waals surface area contributed by atoms with Crippen molar-refractivity contribution in [3.8, 4) is 0 Å². The molecule has 0 radical (unpaired) electrons. The van der Waals surface area contributed by atoms with Crippen LogP contribution in [0.15, 0.2) is 24.3 Å². The second-order valence-electron chi connectivity index (χ2n) is 4.15. The summed E-state index contributed by atoms with van der Waals surface area (Å²) in [5, 5.41) is 0. The van der Waals surface area contributed by atoms with Crippen molar-refractivity contribution in [3.63, 3.8) is 0 Å². The normalized spacial score (nSPS) is 24.9. The van der Waals surface area contributed by atoms with Gasteiger partial charge in [0.1, 0.15) is 5.82 Å². The van der Waals surface area contributed by atoms with E-state index in [0.717, 1.165) is 19.3 Å². The summed E-state index contributed by atoms with van der Waals surface area (Å²) in [6.07, 6.45) is 3.46. The lowest BCUT2D eigenvalue weighted by Crippen LogP contribution is -2.24. The molecule has 1 fully saturated rings. The summed E-state index contributed by atoms with van der Waals surface area (Å²) in [6, 6.07) is 6.73. The quantitative estimate of drug-likeness (QED) is 0.783. The molecule has 1 aromatic rings. The fourth-order valence-corrected chi connectivity index (χ4v) is 2.16. The van der Waals surface area contributed by atoms with E-state index < -0.39 is 0 Å². The molecule has 1 aliphatic carbocycles. The van der Waals surface area contributed by atoms with Gasteiger partial charge in [0, 0.05) is 12.7 Å². The van der Waals surface area contributed by atoms with Gasteiger partial charge in [0.25, 0.3) is 0 Å². The average molecular weight is 224 g/mol. The number of methoxy groups -OCH3 is 1. The summed E-state index contributed by atoms with van der Waals surface area (Å²) in [5.41, 5.74) is 0.615. The molecular weight excluding hydrogens is 207 g/mol. The Bertz CT molecular complexity index is 340. The van der Waals surface area contributed by atoms with Crippen molar-refractivity contribution in [3.05, 3.63) is 35.6 Å². The molecule has 2 nitrogen and oxygen atoms in total. The maximum atomic E-state index is 13.3. The summed E-state index contributed by atoms with van der Waals surface area (Å²) in [7, 11) is 1.70. The Kier molecular flexibility index (Phi) is 3.91. The first-order valence-corrected chi connectivity index (χ1v) is 5.69. The fourth-order valence-electron chi connectivity index (χ4n) is 2.16. The average Bonchev–Trinajstić information content (AvgIpc) is 2.75. The van der Waals surface area contributed by atoms with Crippen molar-refractivity contribution >= 4 is 0 Å². The first kappa shape index (κ1) is 11.6. The van der Waals surface area contributed by atoms with Crippen LogP contribution in [0.5, 0.6) is 0 Å². The van der Waals surface area contributed by atoms with E-state index in [0.29, 0.717) is 12.2 Å². The molecule has 0 spiro atoms. The predicted molar refractivity (Wildman–Crippen MR) is 59.6 cm³/mol. The topological polar surface area (TPSA) is 18.5 Å². The standard InChI is InChI=1S/C13H17FO2/c1-15-12-7-4-8-13(12)16-9-10-5-2-3-6-11(10)14/h2-3,5-6,12-13H,4,7-9H2,1H3/t12-,13+/m1/s1. The van der Waals surface area contributed by atoms with E-state index in [1.807, 2.05) is 6.07 Å². The zero-order valence-electron chi connectivity index (χ0n) is 9.49. The monoisotopic (exact) mass is 224 g/mol. The minimum absolute atomic E-state index is 0.115. The molecular formula is C13H17FO2. The number of ether oxygens (including phenoxy) is 2. The van der Waals surface area contributed by atoms with E-state index in [1.165, 1.54) is 6.07 Å². The highest BCUT2D eigenvalue weighted by Gasteiger charge is 2.27. The largest absolute Gasteiger partial charge is 0.379 e. The van der Waals surface area contributed by atoms with Crippen molar-refractivity contribution in [2.75, 3.05) is 7.11 Å². The van der Waals surface area contributed by atoms with Crippen molar-refractivity contribution in [1.82, 2.24) is 0 Å². The minimum Gasteiger partial charge on any atom is -0.379 e. The highest BCUT2D eigenvalue weighted by Crippen LogP contribution is 2.25. The van der Waals surface area contributed by atoms with Gasteiger partial charge in [0.05, 0.1) is 18.8 Å². The highest BCUT2D eigenvalue weighted by molar-refractivity contribution is 5.16. The van der Waals surface area contributed by atoms with E-state index in [9.17, 15) is 4.39 Å². The van der Waals surface area contributed by atoms with Gasteiger partial charge in [-0.25, -0.2) is 4.39 Å². The van der Waals surface area contributed by atoms with Crippen LogP contribution in [0.25, 0.3) is 0 Å². The van der Waals surface area contributed by atoms with Gasteiger partial charge in [0.15, 0.2) is 0 Å².